The molecule has 1 aromatic carbocycles. The molecule has 83 valence electrons. The molecule has 0 fully saturated rings. The molecule has 1 unspecified atom stereocenters. The van der Waals surface area contributed by atoms with E-state index in [9.17, 15) is 0 Å². The predicted octanol–water partition coefficient (Wildman–Crippen LogP) is 3.80. The Morgan fingerprint density at radius 3 is 2.60 bits per heavy atom. The molecule has 1 rings (SSSR count). The Labute approximate surface area is 99.1 Å². The summed E-state index contributed by atoms with van der Waals surface area (Å²) in [5.74, 6) is 1.01. The van der Waals surface area contributed by atoms with E-state index in [0.29, 0.717) is 11.8 Å². The van der Waals surface area contributed by atoms with Gasteiger partial charge in [-0.25, -0.2) is 0 Å². The minimum Gasteiger partial charge on any atom is -0.417 e. The average Bonchev–Trinajstić information content (AvgIpc) is 2.25. The van der Waals surface area contributed by atoms with Crippen LogP contribution in [0.25, 0.3) is 0 Å². The van der Waals surface area contributed by atoms with E-state index in [2.05, 4.69) is 38.2 Å². The van der Waals surface area contributed by atoms with Gasteiger partial charge in [0.2, 0.25) is 9.04 Å². The molecule has 0 aromatic heterocycles. The van der Waals surface area contributed by atoms with Crippen molar-refractivity contribution in [3.63, 3.8) is 0 Å². The largest absolute Gasteiger partial charge is 0.417 e. The lowest BCUT2D eigenvalue weighted by molar-refractivity contribution is 0.302. The summed E-state index contributed by atoms with van der Waals surface area (Å²) >= 11 is 5.90. The van der Waals surface area contributed by atoms with Crippen LogP contribution in [0.1, 0.15) is 24.0 Å². The minimum absolute atomic E-state index is 0.430. The normalized spacial score (nSPS) is 13.1. The summed E-state index contributed by atoms with van der Waals surface area (Å²) < 4.78 is 5.72. The maximum Gasteiger partial charge on any atom is 0.204 e. The first-order valence-corrected chi connectivity index (χ1v) is 8.16. The van der Waals surface area contributed by atoms with Crippen molar-refractivity contribution >= 4 is 20.6 Å². The summed E-state index contributed by atoms with van der Waals surface area (Å²) in [6.45, 7) is 7.31. The van der Waals surface area contributed by atoms with Crippen molar-refractivity contribution < 1.29 is 4.43 Å². The fraction of sp³-hybridized carbons (Fsp3) is 0.500. The van der Waals surface area contributed by atoms with E-state index in [1.54, 1.807) is 0 Å². The van der Waals surface area contributed by atoms with Crippen LogP contribution in [-0.2, 0) is 10.3 Å². The maximum atomic E-state index is 5.90. The first-order valence-electron chi connectivity index (χ1n) is 5.22. The highest BCUT2D eigenvalue weighted by Crippen LogP contribution is 2.21. The number of hydrogen-bond acceptors (Lipinski definition) is 1. The Morgan fingerprint density at radius 1 is 1.33 bits per heavy atom. The Balaban J connectivity index is 2.68. The number of halogens is 1. The molecule has 1 atom stereocenters. The molecule has 0 aliphatic carbocycles. The van der Waals surface area contributed by atoms with Crippen LogP contribution in [-0.4, -0.2) is 15.6 Å². The highest BCUT2D eigenvalue weighted by atomic mass is 35.5. The third kappa shape index (κ3) is 3.97. The zero-order valence-electron chi connectivity index (χ0n) is 9.59. The molecule has 3 heteroatoms. The standard InChI is InChI=1S/C12H18ClOSi/c1-10(9-14-15(2)3)12-7-5-4-6-11(12)8-13/h4-7,10H,8-9H2,1-3H3. The monoisotopic (exact) mass is 241 g/mol. The first kappa shape index (κ1) is 12.8. The van der Waals surface area contributed by atoms with Crippen molar-refractivity contribution in [2.24, 2.45) is 0 Å². The smallest absolute Gasteiger partial charge is 0.204 e. The molecule has 0 N–H and O–H groups in total. The zero-order chi connectivity index (χ0) is 11.3. The number of hydrogen-bond donors (Lipinski definition) is 0. The van der Waals surface area contributed by atoms with Crippen LogP contribution < -0.4 is 0 Å². The second kappa shape index (κ2) is 6.31. The molecule has 0 heterocycles. The van der Waals surface area contributed by atoms with Gasteiger partial charge in [0.1, 0.15) is 0 Å². The van der Waals surface area contributed by atoms with Crippen molar-refractivity contribution in [2.75, 3.05) is 6.61 Å². The van der Waals surface area contributed by atoms with Gasteiger partial charge in [0.25, 0.3) is 0 Å². The maximum absolute atomic E-state index is 5.90. The van der Waals surface area contributed by atoms with Crippen LogP contribution in [0.2, 0.25) is 13.1 Å². The van der Waals surface area contributed by atoms with Crippen LogP contribution in [0.5, 0.6) is 0 Å². The fourth-order valence-corrected chi connectivity index (χ4v) is 2.34. The molecule has 0 aliphatic rings. The number of alkyl halides is 1. The van der Waals surface area contributed by atoms with Crippen LogP contribution in [0.4, 0.5) is 0 Å². The van der Waals surface area contributed by atoms with Gasteiger partial charge in [0, 0.05) is 18.4 Å². The van der Waals surface area contributed by atoms with Crippen molar-refractivity contribution in [3.05, 3.63) is 35.4 Å². The molecule has 15 heavy (non-hydrogen) atoms. The van der Waals surface area contributed by atoms with E-state index in [4.69, 9.17) is 16.0 Å². The SMILES string of the molecule is CC(CO[Si](C)C)c1ccccc1CCl. The summed E-state index contributed by atoms with van der Waals surface area (Å²) in [5.41, 5.74) is 2.53. The highest BCUT2D eigenvalue weighted by Gasteiger charge is 2.10. The lowest BCUT2D eigenvalue weighted by Crippen LogP contribution is -2.14. The summed E-state index contributed by atoms with van der Waals surface area (Å²) in [6.07, 6.45) is 0. The molecule has 0 saturated heterocycles. The van der Waals surface area contributed by atoms with Gasteiger partial charge in [-0.05, 0) is 24.2 Å². The van der Waals surface area contributed by atoms with Crippen LogP contribution in [0.3, 0.4) is 0 Å². The van der Waals surface area contributed by atoms with Gasteiger partial charge in [-0.2, -0.15) is 0 Å². The summed E-state index contributed by atoms with van der Waals surface area (Å²) in [6, 6.07) is 8.32. The second-order valence-electron chi connectivity index (χ2n) is 3.95. The Hall–Kier alpha value is -0.313. The quantitative estimate of drug-likeness (QED) is 0.563. The molecular weight excluding hydrogens is 224 g/mol. The van der Waals surface area contributed by atoms with Crippen LogP contribution in [0.15, 0.2) is 24.3 Å². The molecule has 1 aromatic rings. The fourth-order valence-electron chi connectivity index (χ4n) is 1.52. The second-order valence-corrected chi connectivity index (χ2v) is 6.33. The molecule has 0 spiro atoms. The van der Waals surface area contributed by atoms with Gasteiger partial charge in [0.05, 0.1) is 0 Å². The van der Waals surface area contributed by atoms with E-state index in [1.165, 1.54) is 11.1 Å². The summed E-state index contributed by atoms with van der Waals surface area (Å²) in [7, 11) is -0.589. The van der Waals surface area contributed by atoms with Crippen molar-refractivity contribution in [2.45, 2.75) is 31.8 Å². The van der Waals surface area contributed by atoms with Gasteiger partial charge < -0.3 is 4.43 Å². The average molecular weight is 242 g/mol. The molecule has 0 saturated carbocycles. The van der Waals surface area contributed by atoms with Gasteiger partial charge >= 0.3 is 0 Å². The minimum atomic E-state index is -0.589. The summed E-state index contributed by atoms with van der Waals surface area (Å²) in [5, 5.41) is 0. The van der Waals surface area contributed by atoms with Crippen molar-refractivity contribution in [3.8, 4) is 0 Å². The van der Waals surface area contributed by atoms with Crippen LogP contribution >= 0.6 is 11.6 Å². The lowest BCUT2D eigenvalue weighted by Gasteiger charge is -2.16. The number of benzene rings is 1. The summed E-state index contributed by atoms with van der Waals surface area (Å²) in [4.78, 5) is 0. The third-order valence-corrected chi connectivity index (χ3v) is 3.38. The van der Waals surface area contributed by atoms with E-state index < -0.39 is 9.04 Å². The molecule has 0 aliphatic heterocycles. The Kier molecular flexibility index (Phi) is 5.36. The predicted molar refractivity (Wildman–Crippen MR) is 67.8 cm³/mol. The van der Waals surface area contributed by atoms with Gasteiger partial charge in [-0.15, -0.1) is 11.6 Å². The molecule has 1 nitrogen and oxygen atoms in total. The Bertz CT molecular complexity index is 301. The van der Waals surface area contributed by atoms with Crippen LogP contribution in [0, 0.1) is 0 Å². The van der Waals surface area contributed by atoms with Gasteiger partial charge in [-0.3, -0.25) is 0 Å². The van der Waals surface area contributed by atoms with Gasteiger partial charge in [-0.1, -0.05) is 31.2 Å². The molecular formula is C12H18ClOSi. The van der Waals surface area contributed by atoms with Crippen molar-refractivity contribution in [1.29, 1.82) is 0 Å². The van der Waals surface area contributed by atoms with E-state index in [-0.39, 0.29) is 0 Å². The lowest BCUT2D eigenvalue weighted by atomic mass is 9.97. The topological polar surface area (TPSA) is 9.23 Å². The third-order valence-electron chi connectivity index (χ3n) is 2.35. The molecule has 0 amide bonds. The first-order chi connectivity index (χ1) is 7.15. The van der Waals surface area contributed by atoms with E-state index >= 15 is 0 Å². The van der Waals surface area contributed by atoms with Gasteiger partial charge in [0.15, 0.2) is 0 Å². The molecule has 1 radical (unpaired) electrons. The van der Waals surface area contributed by atoms with E-state index in [0.717, 1.165) is 6.61 Å². The number of rotatable bonds is 5. The zero-order valence-corrected chi connectivity index (χ0v) is 11.3. The van der Waals surface area contributed by atoms with Crippen molar-refractivity contribution in [1.82, 2.24) is 0 Å². The Morgan fingerprint density at radius 2 is 2.00 bits per heavy atom. The van der Waals surface area contributed by atoms with E-state index in [1.807, 2.05) is 6.07 Å². The molecule has 0 bridgehead atoms. The highest BCUT2D eigenvalue weighted by molar-refractivity contribution is 6.48.